The van der Waals surface area contributed by atoms with Gasteiger partial charge in [0.15, 0.2) is 23.0 Å². The van der Waals surface area contributed by atoms with Crippen molar-refractivity contribution >= 4 is 13.0 Å². The highest BCUT2D eigenvalue weighted by atomic mass is 16.7. The Morgan fingerprint density at radius 2 is 1.82 bits per heavy atom. The molecule has 0 aliphatic carbocycles. The van der Waals surface area contributed by atoms with Crippen molar-refractivity contribution in [1.82, 2.24) is 9.80 Å². The van der Waals surface area contributed by atoms with Crippen LogP contribution in [0.4, 0.5) is 0 Å². The fourth-order valence-electron chi connectivity index (χ4n) is 5.12. The lowest BCUT2D eigenvalue weighted by molar-refractivity contribution is -0.109. The van der Waals surface area contributed by atoms with E-state index in [9.17, 15) is 4.79 Å². The molecule has 7 nitrogen and oxygen atoms in total. The van der Waals surface area contributed by atoms with E-state index in [2.05, 4.69) is 49.6 Å². The SMILES string of the molecule is CCCCN(C)CCCB(C)C.COc1ccccc1OCC1CC(c2ccc3c(c2)OCO3)CN1CC=O. The van der Waals surface area contributed by atoms with Crippen molar-refractivity contribution in [3.8, 4) is 23.0 Å². The summed E-state index contributed by atoms with van der Waals surface area (Å²) in [5, 5.41) is 0. The number of para-hydroxylation sites is 2. The molecule has 1 saturated heterocycles. The minimum Gasteiger partial charge on any atom is -0.493 e. The normalized spacial score (nSPS) is 18.0. The van der Waals surface area contributed by atoms with Gasteiger partial charge in [-0.1, -0.05) is 51.5 Å². The summed E-state index contributed by atoms with van der Waals surface area (Å²) < 4.78 is 22.3. The summed E-state index contributed by atoms with van der Waals surface area (Å²) in [6.07, 6.45) is 7.27. The second kappa shape index (κ2) is 16.4. The van der Waals surface area contributed by atoms with E-state index in [4.69, 9.17) is 18.9 Å². The zero-order valence-electron chi connectivity index (χ0n) is 24.6. The molecule has 2 unspecified atom stereocenters. The summed E-state index contributed by atoms with van der Waals surface area (Å²) in [5.41, 5.74) is 1.20. The van der Waals surface area contributed by atoms with Gasteiger partial charge in [-0.15, -0.1) is 0 Å². The van der Waals surface area contributed by atoms with Crippen molar-refractivity contribution in [2.45, 2.75) is 64.5 Å². The number of nitrogens with zero attached hydrogens (tertiary/aromatic N) is 2. The second-order valence-electron chi connectivity index (χ2n) is 11.0. The highest BCUT2D eigenvalue weighted by Crippen LogP contribution is 2.39. The summed E-state index contributed by atoms with van der Waals surface area (Å²) >= 11 is 0. The van der Waals surface area contributed by atoms with Crippen molar-refractivity contribution < 1.29 is 23.7 Å². The molecule has 0 spiro atoms. The molecule has 0 N–H and O–H groups in total. The molecule has 0 aromatic heterocycles. The molecule has 2 atom stereocenters. The average molecular weight is 539 g/mol. The summed E-state index contributed by atoms with van der Waals surface area (Å²) in [6, 6.07) is 13.9. The van der Waals surface area contributed by atoms with Gasteiger partial charge in [0.25, 0.3) is 0 Å². The van der Waals surface area contributed by atoms with E-state index in [-0.39, 0.29) is 12.8 Å². The number of ether oxygens (including phenoxy) is 4. The highest BCUT2D eigenvalue weighted by molar-refractivity contribution is 6.55. The van der Waals surface area contributed by atoms with Crippen LogP contribution in [0, 0.1) is 0 Å². The van der Waals surface area contributed by atoms with Gasteiger partial charge in [-0.25, -0.2) is 0 Å². The molecule has 214 valence electrons. The number of aldehydes is 1. The van der Waals surface area contributed by atoms with E-state index >= 15 is 0 Å². The Labute approximate surface area is 235 Å². The number of likely N-dealkylation sites (tertiary alicyclic amines) is 1. The molecule has 2 aromatic rings. The summed E-state index contributed by atoms with van der Waals surface area (Å²) in [5.74, 6) is 3.34. The Hall–Kier alpha value is -2.71. The lowest BCUT2D eigenvalue weighted by atomic mass is 9.51. The van der Waals surface area contributed by atoms with E-state index in [1.165, 1.54) is 44.2 Å². The number of hydrogen-bond donors (Lipinski definition) is 0. The van der Waals surface area contributed by atoms with Gasteiger partial charge in [0.1, 0.15) is 19.6 Å². The first-order chi connectivity index (χ1) is 18.9. The predicted octanol–water partition coefficient (Wildman–Crippen LogP) is 5.72. The molecule has 8 heteroatoms. The monoisotopic (exact) mass is 538 g/mol. The minimum atomic E-state index is 0.163. The largest absolute Gasteiger partial charge is 0.493 e. The van der Waals surface area contributed by atoms with Crippen molar-refractivity contribution in [3.63, 3.8) is 0 Å². The minimum absolute atomic E-state index is 0.163. The fraction of sp³-hybridized carbons (Fsp3) is 0.581. The lowest BCUT2D eigenvalue weighted by Gasteiger charge is -2.22. The van der Waals surface area contributed by atoms with Gasteiger partial charge in [0.05, 0.1) is 13.7 Å². The fourth-order valence-corrected chi connectivity index (χ4v) is 5.12. The Morgan fingerprint density at radius 3 is 2.54 bits per heavy atom. The molecule has 0 saturated carbocycles. The molecule has 0 bridgehead atoms. The summed E-state index contributed by atoms with van der Waals surface area (Å²) in [6.45, 7) is 12.3. The van der Waals surface area contributed by atoms with Gasteiger partial charge in [-0.05, 0) is 75.1 Å². The molecule has 2 heterocycles. The third-order valence-electron chi connectivity index (χ3n) is 7.42. The zero-order chi connectivity index (χ0) is 28.0. The first-order valence-electron chi connectivity index (χ1n) is 14.5. The number of carbonyl (C=O) groups excluding carboxylic acids is 1. The van der Waals surface area contributed by atoms with E-state index in [0.717, 1.165) is 43.2 Å². The van der Waals surface area contributed by atoms with Gasteiger partial charge in [0, 0.05) is 12.6 Å². The maximum Gasteiger partial charge on any atom is 0.231 e. The number of methoxy groups -OCH3 is 1. The molecule has 4 rings (SSSR count). The van der Waals surface area contributed by atoms with E-state index in [1.807, 2.05) is 30.3 Å². The standard InChI is InChI=1S/C21H23NO5.C10H24BN/c1-24-18-4-2-3-5-19(18)25-13-17-10-16(12-22(17)8-9-23)15-6-7-20-21(11-15)27-14-26-20;1-5-6-9-12(4)10-7-8-11(2)3/h2-7,9,11,16-17H,8,10,12-14H2,1H3;5-10H2,1-4H3. The Bertz CT molecular complexity index is 1000. The van der Waals surface area contributed by atoms with E-state index < -0.39 is 0 Å². The van der Waals surface area contributed by atoms with Crippen molar-refractivity contribution in [3.05, 3.63) is 48.0 Å². The third kappa shape index (κ3) is 9.77. The number of hydrogen-bond acceptors (Lipinski definition) is 7. The Morgan fingerprint density at radius 1 is 1.08 bits per heavy atom. The molecule has 2 aliphatic heterocycles. The van der Waals surface area contributed by atoms with Gasteiger partial charge in [-0.2, -0.15) is 0 Å². The average Bonchev–Trinajstić information content (AvgIpc) is 3.58. The first-order valence-corrected chi connectivity index (χ1v) is 14.5. The van der Waals surface area contributed by atoms with Crippen molar-refractivity contribution in [2.75, 3.05) is 53.7 Å². The molecule has 1 fully saturated rings. The van der Waals surface area contributed by atoms with Gasteiger partial charge < -0.3 is 28.6 Å². The van der Waals surface area contributed by atoms with E-state index in [1.54, 1.807) is 7.11 Å². The number of benzene rings is 2. The first kappa shape index (κ1) is 30.8. The van der Waals surface area contributed by atoms with Crippen molar-refractivity contribution in [1.29, 1.82) is 0 Å². The van der Waals surface area contributed by atoms with Crippen LogP contribution < -0.4 is 18.9 Å². The van der Waals surface area contributed by atoms with Crippen LogP contribution in [-0.4, -0.2) is 82.6 Å². The molecule has 2 aromatic carbocycles. The number of fused-ring (bicyclic) bond motifs is 1. The second-order valence-corrected chi connectivity index (χ2v) is 11.0. The highest BCUT2D eigenvalue weighted by Gasteiger charge is 2.34. The van der Waals surface area contributed by atoms with Gasteiger partial charge in [-0.3, -0.25) is 4.90 Å². The smallest absolute Gasteiger partial charge is 0.231 e. The van der Waals surface area contributed by atoms with Crippen LogP contribution in [0.5, 0.6) is 23.0 Å². The number of rotatable bonds is 14. The van der Waals surface area contributed by atoms with Crippen LogP contribution in [0.1, 0.15) is 44.1 Å². The molecular formula is C31H47BN2O5. The predicted molar refractivity (Wildman–Crippen MR) is 159 cm³/mol. The summed E-state index contributed by atoms with van der Waals surface area (Å²) in [7, 11) is 3.86. The molecule has 2 aliphatic rings. The quantitative estimate of drug-likeness (QED) is 0.225. The van der Waals surface area contributed by atoms with Gasteiger partial charge in [0.2, 0.25) is 6.79 Å². The van der Waals surface area contributed by atoms with Crippen LogP contribution in [0.25, 0.3) is 0 Å². The summed E-state index contributed by atoms with van der Waals surface area (Å²) in [4.78, 5) is 15.8. The van der Waals surface area contributed by atoms with Crippen LogP contribution >= 0.6 is 0 Å². The zero-order valence-corrected chi connectivity index (χ0v) is 24.6. The lowest BCUT2D eigenvalue weighted by Crippen LogP contribution is -2.35. The Balaban J connectivity index is 0.000000298. The van der Waals surface area contributed by atoms with Crippen LogP contribution in [0.2, 0.25) is 20.0 Å². The molecule has 39 heavy (non-hydrogen) atoms. The number of carbonyl (C=O) groups is 1. The van der Waals surface area contributed by atoms with Crippen molar-refractivity contribution in [2.24, 2.45) is 0 Å². The molecule has 0 radical (unpaired) electrons. The topological polar surface area (TPSA) is 60.5 Å². The molecular weight excluding hydrogens is 491 g/mol. The van der Waals surface area contributed by atoms with Crippen LogP contribution in [0.15, 0.2) is 42.5 Å². The van der Waals surface area contributed by atoms with E-state index in [0.29, 0.717) is 24.8 Å². The maximum atomic E-state index is 11.1. The Kier molecular flexibility index (Phi) is 13.0. The molecule has 0 amide bonds. The third-order valence-corrected chi connectivity index (χ3v) is 7.42. The van der Waals surface area contributed by atoms with Crippen LogP contribution in [0.3, 0.4) is 0 Å². The van der Waals surface area contributed by atoms with Gasteiger partial charge >= 0.3 is 0 Å². The maximum absolute atomic E-state index is 11.1. The van der Waals surface area contributed by atoms with Crippen LogP contribution in [-0.2, 0) is 4.79 Å². The number of unbranched alkanes of at least 4 members (excludes halogenated alkanes) is 1.